The summed E-state index contributed by atoms with van der Waals surface area (Å²) in [5.74, 6) is 0.773. The zero-order valence-electron chi connectivity index (χ0n) is 8.86. The zero-order chi connectivity index (χ0) is 10.7. The average Bonchev–Trinajstić information content (AvgIpc) is 2.25. The maximum atomic E-state index is 4.24. The maximum Gasteiger partial charge on any atom is 0.148 e. The molecule has 2 aromatic rings. The van der Waals surface area contributed by atoms with Gasteiger partial charge in [-0.2, -0.15) is 0 Å². The summed E-state index contributed by atoms with van der Waals surface area (Å²) in [6.07, 6.45) is 3.49. The first-order chi connectivity index (χ1) is 7.25. The molecule has 2 rings (SSSR count). The largest absolute Gasteiger partial charge is 0.339 e. The van der Waals surface area contributed by atoms with Crippen LogP contribution in [0.2, 0.25) is 0 Å². The van der Waals surface area contributed by atoms with Crippen molar-refractivity contribution in [2.75, 3.05) is 5.32 Å². The summed E-state index contributed by atoms with van der Waals surface area (Å²) in [7, 11) is 0. The minimum Gasteiger partial charge on any atom is -0.339 e. The Morgan fingerprint density at radius 1 is 1.00 bits per heavy atom. The Balaban J connectivity index is 2.22. The van der Waals surface area contributed by atoms with Crippen LogP contribution < -0.4 is 5.32 Å². The molecule has 0 saturated heterocycles. The van der Waals surface area contributed by atoms with Gasteiger partial charge in [-0.15, -0.1) is 0 Å². The predicted molar refractivity (Wildman–Crippen MR) is 61.2 cm³/mol. The topological polar surface area (TPSA) is 37.8 Å². The van der Waals surface area contributed by atoms with Gasteiger partial charge in [-0.3, -0.25) is 4.98 Å². The Morgan fingerprint density at radius 3 is 2.47 bits per heavy atom. The van der Waals surface area contributed by atoms with Gasteiger partial charge < -0.3 is 5.32 Å². The lowest BCUT2D eigenvalue weighted by atomic mass is 10.2. The standard InChI is InChI=1S/C12H13N3/c1-9-5-3-4-6-11(9)15-12-8-13-10(2)7-14-12/h3-8H,1-2H3,(H,14,15). The molecule has 0 aliphatic heterocycles. The monoisotopic (exact) mass is 199 g/mol. The second-order valence-corrected chi connectivity index (χ2v) is 3.48. The van der Waals surface area contributed by atoms with Crippen molar-refractivity contribution in [3.8, 4) is 0 Å². The van der Waals surface area contributed by atoms with Gasteiger partial charge in [-0.05, 0) is 25.5 Å². The Labute approximate surface area is 89.2 Å². The first-order valence-corrected chi connectivity index (χ1v) is 4.87. The van der Waals surface area contributed by atoms with Crippen LogP contribution in [0, 0.1) is 13.8 Å². The molecule has 0 amide bonds. The van der Waals surface area contributed by atoms with Crippen molar-refractivity contribution < 1.29 is 0 Å². The highest BCUT2D eigenvalue weighted by Gasteiger charge is 1.98. The number of hydrogen-bond donors (Lipinski definition) is 1. The van der Waals surface area contributed by atoms with Crippen molar-refractivity contribution >= 4 is 11.5 Å². The van der Waals surface area contributed by atoms with Crippen LogP contribution in [0.3, 0.4) is 0 Å². The van der Waals surface area contributed by atoms with Gasteiger partial charge in [-0.1, -0.05) is 18.2 Å². The van der Waals surface area contributed by atoms with Crippen LogP contribution >= 0.6 is 0 Å². The van der Waals surface area contributed by atoms with Gasteiger partial charge in [0.1, 0.15) is 5.82 Å². The molecule has 0 saturated carbocycles. The van der Waals surface area contributed by atoms with Crippen LogP contribution in [0.1, 0.15) is 11.3 Å². The van der Waals surface area contributed by atoms with Crippen LogP contribution in [0.5, 0.6) is 0 Å². The van der Waals surface area contributed by atoms with Gasteiger partial charge in [-0.25, -0.2) is 4.98 Å². The van der Waals surface area contributed by atoms with E-state index in [1.807, 2.05) is 25.1 Å². The molecule has 0 fully saturated rings. The first kappa shape index (κ1) is 9.65. The molecule has 76 valence electrons. The van der Waals surface area contributed by atoms with Crippen LogP contribution in [-0.2, 0) is 0 Å². The third kappa shape index (κ3) is 2.31. The third-order valence-electron chi connectivity index (χ3n) is 2.19. The highest BCUT2D eigenvalue weighted by molar-refractivity contribution is 5.59. The van der Waals surface area contributed by atoms with E-state index >= 15 is 0 Å². The van der Waals surface area contributed by atoms with E-state index in [1.54, 1.807) is 12.4 Å². The molecule has 0 bridgehead atoms. The molecule has 0 spiro atoms. The van der Waals surface area contributed by atoms with E-state index in [1.165, 1.54) is 5.56 Å². The first-order valence-electron chi connectivity index (χ1n) is 4.87. The second kappa shape index (κ2) is 4.09. The number of aryl methyl sites for hydroxylation is 2. The summed E-state index contributed by atoms with van der Waals surface area (Å²) >= 11 is 0. The van der Waals surface area contributed by atoms with Crippen molar-refractivity contribution in [1.29, 1.82) is 0 Å². The third-order valence-corrected chi connectivity index (χ3v) is 2.19. The molecule has 0 radical (unpaired) electrons. The van der Waals surface area contributed by atoms with Gasteiger partial charge in [0.05, 0.1) is 18.1 Å². The number of para-hydroxylation sites is 1. The minimum absolute atomic E-state index is 0.773. The molecule has 3 heteroatoms. The number of nitrogens with zero attached hydrogens (tertiary/aromatic N) is 2. The normalized spacial score (nSPS) is 10.0. The van der Waals surface area contributed by atoms with E-state index in [0.29, 0.717) is 0 Å². The van der Waals surface area contributed by atoms with E-state index in [-0.39, 0.29) is 0 Å². The fourth-order valence-corrected chi connectivity index (χ4v) is 1.31. The zero-order valence-corrected chi connectivity index (χ0v) is 8.86. The molecular formula is C12H13N3. The molecule has 1 aromatic carbocycles. The SMILES string of the molecule is Cc1cnc(Nc2ccccc2C)cn1. The lowest BCUT2D eigenvalue weighted by Gasteiger charge is -2.07. The lowest BCUT2D eigenvalue weighted by Crippen LogP contribution is -1.96. The van der Waals surface area contributed by atoms with Crippen molar-refractivity contribution in [2.45, 2.75) is 13.8 Å². The van der Waals surface area contributed by atoms with Crippen molar-refractivity contribution in [1.82, 2.24) is 9.97 Å². The van der Waals surface area contributed by atoms with Crippen LogP contribution in [0.25, 0.3) is 0 Å². The van der Waals surface area contributed by atoms with Crippen LogP contribution in [0.4, 0.5) is 11.5 Å². The summed E-state index contributed by atoms with van der Waals surface area (Å²) < 4.78 is 0. The fraction of sp³-hybridized carbons (Fsp3) is 0.167. The van der Waals surface area contributed by atoms with Crippen molar-refractivity contribution in [3.05, 3.63) is 47.9 Å². The van der Waals surface area contributed by atoms with Gasteiger partial charge in [0.15, 0.2) is 0 Å². The maximum absolute atomic E-state index is 4.24. The fourth-order valence-electron chi connectivity index (χ4n) is 1.31. The lowest BCUT2D eigenvalue weighted by molar-refractivity contribution is 1.12. The van der Waals surface area contributed by atoms with E-state index in [4.69, 9.17) is 0 Å². The second-order valence-electron chi connectivity index (χ2n) is 3.48. The molecule has 1 heterocycles. The molecule has 0 aliphatic carbocycles. The van der Waals surface area contributed by atoms with Crippen LogP contribution in [0.15, 0.2) is 36.7 Å². The quantitative estimate of drug-likeness (QED) is 0.808. The van der Waals surface area contributed by atoms with E-state index in [9.17, 15) is 0 Å². The van der Waals surface area contributed by atoms with Crippen molar-refractivity contribution in [3.63, 3.8) is 0 Å². The van der Waals surface area contributed by atoms with E-state index in [0.717, 1.165) is 17.2 Å². The molecule has 1 N–H and O–H groups in total. The Morgan fingerprint density at radius 2 is 1.80 bits per heavy atom. The van der Waals surface area contributed by atoms with E-state index < -0.39 is 0 Å². The summed E-state index contributed by atoms with van der Waals surface area (Å²) in [5.41, 5.74) is 3.18. The average molecular weight is 199 g/mol. The minimum atomic E-state index is 0.773. The molecule has 15 heavy (non-hydrogen) atoms. The van der Waals surface area contributed by atoms with E-state index in [2.05, 4.69) is 28.3 Å². The van der Waals surface area contributed by atoms with Gasteiger partial charge in [0.25, 0.3) is 0 Å². The summed E-state index contributed by atoms with van der Waals surface area (Å²) in [5, 5.41) is 3.23. The van der Waals surface area contributed by atoms with Crippen LogP contribution in [-0.4, -0.2) is 9.97 Å². The number of benzene rings is 1. The summed E-state index contributed by atoms with van der Waals surface area (Å²) in [4.78, 5) is 8.42. The van der Waals surface area contributed by atoms with Gasteiger partial charge in [0.2, 0.25) is 0 Å². The van der Waals surface area contributed by atoms with Gasteiger partial charge >= 0.3 is 0 Å². The molecule has 0 atom stereocenters. The number of rotatable bonds is 2. The number of aromatic nitrogens is 2. The summed E-state index contributed by atoms with van der Waals surface area (Å²) in [6.45, 7) is 3.98. The van der Waals surface area contributed by atoms with Gasteiger partial charge in [0, 0.05) is 5.69 Å². The predicted octanol–water partition coefficient (Wildman–Crippen LogP) is 2.84. The molecular weight excluding hydrogens is 186 g/mol. The number of nitrogens with one attached hydrogen (secondary N) is 1. The number of anilines is 2. The number of hydrogen-bond acceptors (Lipinski definition) is 3. The Kier molecular flexibility index (Phi) is 2.63. The highest BCUT2D eigenvalue weighted by Crippen LogP contribution is 2.17. The highest BCUT2D eigenvalue weighted by atomic mass is 15.0. The smallest absolute Gasteiger partial charge is 0.148 e. The summed E-state index contributed by atoms with van der Waals surface area (Å²) in [6, 6.07) is 8.10. The molecule has 3 nitrogen and oxygen atoms in total. The molecule has 1 aromatic heterocycles. The Bertz CT molecular complexity index is 449. The van der Waals surface area contributed by atoms with Crippen molar-refractivity contribution in [2.24, 2.45) is 0 Å². The molecule has 0 aliphatic rings. The molecule has 0 unspecified atom stereocenters. The Hall–Kier alpha value is -1.90.